The van der Waals surface area contributed by atoms with Crippen LogP contribution in [0, 0.1) is 0 Å². The van der Waals surface area contributed by atoms with E-state index >= 15 is 0 Å². The molecule has 2 aromatic heterocycles. The smallest absolute Gasteiger partial charge is 0.224 e. The number of aliphatic hydroxyl groups is 1. The monoisotopic (exact) mass is 252 g/mol. The Labute approximate surface area is 104 Å². The Morgan fingerprint density at radius 2 is 2.33 bits per heavy atom. The second-order valence-corrected chi connectivity index (χ2v) is 3.12. The Hall–Kier alpha value is -0.910. The summed E-state index contributed by atoms with van der Waals surface area (Å²) in [6.07, 6.45) is -2.17. The largest absolute Gasteiger partial charge is 0.396 e. The summed E-state index contributed by atoms with van der Waals surface area (Å²) in [4.78, 5) is 7.37. The third kappa shape index (κ3) is 2.04. The third-order valence-corrected chi connectivity index (χ3v) is 2.03. The van der Waals surface area contributed by atoms with E-state index < -0.39 is 19.4 Å². The molecule has 0 aromatic carbocycles. The van der Waals surface area contributed by atoms with Crippen molar-refractivity contribution in [2.45, 2.75) is 12.9 Å². The highest BCUT2D eigenvalue weighted by Crippen LogP contribution is 2.21. The van der Waals surface area contributed by atoms with E-state index in [9.17, 15) is 5.11 Å². The Balaban J connectivity index is 2.74. The molecule has 5 nitrogen and oxygen atoms in total. The number of hydrogen-bond acceptors (Lipinski definition) is 4. The molecule has 0 bridgehead atoms. The topological polar surface area (TPSA) is 63.8 Å². The van der Waals surface area contributed by atoms with E-state index in [1.807, 2.05) is 0 Å². The zero-order chi connectivity index (χ0) is 16.2. The maximum atomic E-state index is 9.26. The zero-order valence-electron chi connectivity index (χ0n) is 13.1. The van der Waals surface area contributed by atoms with Crippen molar-refractivity contribution in [2.24, 2.45) is 0 Å². The molecule has 0 aliphatic carbocycles. The highest BCUT2D eigenvalue weighted by atomic mass is 35.5. The molecular weight excluding hydrogens is 239 g/mol. The summed E-state index contributed by atoms with van der Waals surface area (Å²) in [5.74, 6) is 0. The molecular formula is C8H8Cl2N4O. The third-order valence-electron chi connectivity index (χ3n) is 1.57. The van der Waals surface area contributed by atoms with Gasteiger partial charge in [-0.25, -0.2) is 9.67 Å². The van der Waals surface area contributed by atoms with Crippen molar-refractivity contribution >= 4 is 34.2 Å². The van der Waals surface area contributed by atoms with Gasteiger partial charge in [0, 0.05) is 22.0 Å². The molecule has 0 radical (unpaired) electrons. The molecule has 2 rings (SSSR count). The molecule has 0 saturated heterocycles. The number of fused-ring (bicyclic) bond motifs is 1. The van der Waals surface area contributed by atoms with Crippen molar-refractivity contribution in [3.8, 4) is 0 Å². The van der Waals surface area contributed by atoms with E-state index in [1.165, 1.54) is 6.20 Å². The van der Waals surface area contributed by atoms with Gasteiger partial charge in [-0.3, -0.25) is 0 Å². The van der Waals surface area contributed by atoms with Gasteiger partial charge in [0.15, 0.2) is 10.8 Å². The fourth-order valence-electron chi connectivity index (χ4n) is 1.00. The first kappa shape index (κ1) is 5.43. The van der Waals surface area contributed by atoms with E-state index in [0.717, 1.165) is 0 Å². The second-order valence-electron chi connectivity index (χ2n) is 2.43. The lowest BCUT2D eigenvalue weighted by atomic mass is 10.4. The van der Waals surface area contributed by atoms with Gasteiger partial charge in [-0.05, 0) is 18.0 Å². The van der Waals surface area contributed by atoms with Gasteiger partial charge in [-0.1, -0.05) is 11.6 Å². The summed E-state index contributed by atoms with van der Waals surface area (Å²) >= 11 is 11.4. The first-order chi connectivity index (χ1) is 9.39. The fourth-order valence-corrected chi connectivity index (χ4v) is 1.34. The molecule has 15 heavy (non-hydrogen) atoms. The first-order valence-electron chi connectivity index (χ1n) is 6.69. The first-order valence-corrected chi connectivity index (χ1v) is 4.45. The van der Waals surface area contributed by atoms with Gasteiger partial charge in [-0.2, -0.15) is 10.1 Å². The zero-order valence-corrected chi connectivity index (χ0v) is 8.58. The average molecular weight is 253 g/mol. The molecule has 0 saturated carbocycles. The Morgan fingerprint density at radius 3 is 3.07 bits per heavy atom. The van der Waals surface area contributed by atoms with Gasteiger partial charge in [-0.15, -0.1) is 0 Å². The van der Waals surface area contributed by atoms with E-state index in [0.29, 0.717) is 4.68 Å². The minimum absolute atomic E-state index is 0.110. The van der Waals surface area contributed by atoms with Crippen molar-refractivity contribution in [2.75, 3.05) is 6.56 Å². The number of halogens is 2. The molecule has 2 aromatic rings. The SMILES string of the molecule is [2H]C([2H])(O)C([2H])([2H])C([2H])([2H])n1nc(Cl)c2cnc(Cl)nc21. The predicted octanol–water partition coefficient (Wildman–Crippen LogP) is 1.52. The van der Waals surface area contributed by atoms with Crippen LogP contribution in [0.15, 0.2) is 6.20 Å². The maximum absolute atomic E-state index is 9.26. The molecule has 0 amide bonds. The van der Waals surface area contributed by atoms with Crippen molar-refractivity contribution in [1.82, 2.24) is 19.7 Å². The van der Waals surface area contributed by atoms with Gasteiger partial charge in [0.1, 0.15) is 0 Å². The minimum Gasteiger partial charge on any atom is -0.396 e. The lowest BCUT2D eigenvalue weighted by molar-refractivity contribution is 0.278. The van der Waals surface area contributed by atoms with Crippen LogP contribution in [-0.2, 0) is 6.50 Å². The average Bonchev–Trinajstić information content (AvgIpc) is 2.65. The summed E-state index contributed by atoms with van der Waals surface area (Å²) in [6.45, 7) is -6.58. The summed E-state index contributed by atoms with van der Waals surface area (Å²) in [5.41, 5.74) is -0.224. The number of nitrogens with zero attached hydrogens (tertiary/aromatic N) is 4. The maximum Gasteiger partial charge on any atom is 0.224 e. The number of aromatic nitrogens is 4. The van der Waals surface area contributed by atoms with Crippen LogP contribution in [0.3, 0.4) is 0 Å². The van der Waals surface area contributed by atoms with E-state index in [-0.39, 0.29) is 21.5 Å². The number of aryl methyl sites for hydroxylation is 1. The molecule has 0 fully saturated rings. The molecule has 0 spiro atoms. The molecule has 80 valence electrons. The van der Waals surface area contributed by atoms with Crippen molar-refractivity contribution in [3.05, 3.63) is 16.6 Å². The summed E-state index contributed by atoms with van der Waals surface area (Å²) < 4.78 is 45.3. The molecule has 0 unspecified atom stereocenters. The lowest BCUT2D eigenvalue weighted by Gasteiger charge is -1.99. The van der Waals surface area contributed by atoms with E-state index in [2.05, 4.69) is 15.1 Å². The van der Waals surface area contributed by atoms with Crippen LogP contribution >= 0.6 is 23.2 Å². The molecule has 0 aliphatic heterocycles. The molecule has 2 heterocycles. The predicted molar refractivity (Wildman–Crippen MR) is 57.0 cm³/mol. The number of rotatable bonds is 3. The normalized spacial score (nSPS) is 19.9. The van der Waals surface area contributed by atoms with Gasteiger partial charge < -0.3 is 5.11 Å². The molecule has 7 heteroatoms. The van der Waals surface area contributed by atoms with Crippen LogP contribution in [0.5, 0.6) is 0 Å². The Morgan fingerprint density at radius 1 is 1.53 bits per heavy atom. The summed E-state index contributed by atoms with van der Waals surface area (Å²) in [6, 6.07) is 0. The van der Waals surface area contributed by atoms with E-state index in [4.69, 9.17) is 31.4 Å². The molecule has 0 atom stereocenters. The van der Waals surface area contributed by atoms with Crippen LogP contribution < -0.4 is 0 Å². The Bertz CT molecular complexity index is 700. The van der Waals surface area contributed by atoms with Crippen LogP contribution in [0.25, 0.3) is 11.0 Å². The minimum atomic E-state index is -3.47. The van der Waals surface area contributed by atoms with Crippen LogP contribution in [0.2, 0.25) is 10.4 Å². The van der Waals surface area contributed by atoms with Gasteiger partial charge in [0.05, 0.1) is 10.9 Å². The lowest BCUT2D eigenvalue weighted by Crippen LogP contribution is -2.03. The quantitative estimate of drug-likeness (QED) is 0.842. The highest BCUT2D eigenvalue weighted by molar-refractivity contribution is 6.34. The van der Waals surface area contributed by atoms with Crippen LogP contribution in [-0.4, -0.2) is 31.4 Å². The number of hydrogen-bond donors (Lipinski definition) is 1. The van der Waals surface area contributed by atoms with E-state index in [1.54, 1.807) is 0 Å². The van der Waals surface area contributed by atoms with Crippen molar-refractivity contribution < 1.29 is 13.3 Å². The van der Waals surface area contributed by atoms with Gasteiger partial charge in [0.2, 0.25) is 5.28 Å². The summed E-state index contributed by atoms with van der Waals surface area (Å²) in [5, 5.41) is 12.5. The molecule has 0 aliphatic rings. The molecule has 1 N–H and O–H groups in total. The van der Waals surface area contributed by atoms with Gasteiger partial charge in [0.25, 0.3) is 0 Å². The van der Waals surface area contributed by atoms with Crippen molar-refractivity contribution in [1.29, 1.82) is 0 Å². The van der Waals surface area contributed by atoms with Crippen LogP contribution in [0.1, 0.15) is 14.6 Å². The van der Waals surface area contributed by atoms with Crippen LogP contribution in [0.4, 0.5) is 0 Å². The van der Waals surface area contributed by atoms with Gasteiger partial charge >= 0.3 is 0 Å². The standard InChI is InChI=1S/C8H8Cl2N4O/c9-6-5-4-11-8(10)12-7(5)14(13-6)2-1-3-15/h4,15H,1-3H2/i1D2,2D2,3D2. The highest BCUT2D eigenvalue weighted by Gasteiger charge is 2.10. The van der Waals surface area contributed by atoms with Crippen molar-refractivity contribution in [3.63, 3.8) is 0 Å². The summed E-state index contributed by atoms with van der Waals surface area (Å²) in [7, 11) is 0. The fraction of sp³-hybridized carbons (Fsp3) is 0.375. The second kappa shape index (κ2) is 4.30. The Kier molecular flexibility index (Phi) is 1.56.